The number of thioether (sulfide) groups is 1. The second kappa shape index (κ2) is 6.58. The molecule has 26 heavy (non-hydrogen) atoms. The van der Waals surface area contributed by atoms with Crippen LogP contribution in [0.4, 0.5) is 5.82 Å². The lowest BCUT2D eigenvalue weighted by molar-refractivity contribution is -0.116. The van der Waals surface area contributed by atoms with Crippen molar-refractivity contribution >= 4 is 29.3 Å². The van der Waals surface area contributed by atoms with Crippen molar-refractivity contribution in [3.63, 3.8) is 0 Å². The maximum atomic E-state index is 12.7. The molecule has 0 aliphatic carbocycles. The molecule has 0 bridgehead atoms. The molecule has 1 atom stereocenters. The van der Waals surface area contributed by atoms with Gasteiger partial charge in [0.15, 0.2) is 5.82 Å². The Balaban J connectivity index is 1.89. The standard InChI is InChI=1S/C17H17N5O3S/c1-25-8-12-18-17-20-16(24)14-11(9-3-5-10(26-2)6-4-9)7-13(23)19-15(14)22(17)21-12/h3-6,11H,7-8H2,1-2H3,(H,19,23)(H,18,20,21,24)/t11-/m0/s1. The third-order valence-electron chi connectivity index (χ3n) is 4.38. The highest BCUT2D eigenvalue weighted by Crippen LogP contribution is 2.35. The van der Waals surface area contributed by atoms with Crippen LogP contribution >= 0.6 is 11.8 Å². The summed E-state index contributed by atoms with van der Waals surface area (Å²) in [7, 11) is 1.54. The molecule has 134 valence electrons. The Morgan fingerprint density at radius 1 is 1.31 bits per heavy atom. The van der Waals surface area contributed by atoms with E-state index in [0.717, 1.165) is 10.5 Å². The number of aromatic amines is 1. The van der Waals surface area contributed by atoms with Gasteiger partial charge >= 0.3 is 0 Å². The van der Waals surface area contributed by atoms with Crippen molar-refractivity contribution in [2.45, 2.75) is 23.8 Å². The predicted molar refractivity (Wildman–Crippen MR) is 97.6 cm³/mol. The van der Waals surface area contributed by atoms with Gasteiger partial charge in [-0.05, 0) is 24.0 Å². The number of anilines is 1. The van der Waals surface area contributed by atoms with Gasteiger partial charge in [-0.1, -0.05) is 12.1 Å². The third-order valence-corrected chi connectivity index (χ3v) is 5.12. The lowest BCUT2D eigenvalue weighted by atomic mass is 9.87. The van der Waals surface area contributed by atoms with E-state index in [-0.39, 0.29) is 36.2 Å². The largest absolute Gasteiger partial charge is 0.377 e. The average molecular weight is 371 g/mol. The number of H-pyrrole nitrogens is 1. The molecular formula is C17H17N5O3S. The first-order valence-corrected chi connectivity index (χ1v) is 9.27. The van der Waals surface area contributed by atoms with E-state index in [4.69, 9.17) is 4.74 Å². The third kappa shape index (κ3) is 2.78. The Labute approximate surface area is 153 Å². The van der Waals surface area contributed by atoms with E-state index < -0.39 is 0 Å². The minimum absolute atomic E-state index is 0.160. The zero-order valence-electron chi connectivity index (χ0n) is 14.3. The number of benzene rings is 1. The van der Waals surface area contributed by atoms with Crippen LogP contribution in [0.3, 0.4) is 0 Å². The molecule has 1 aromatic carbocycles. The van der Waals surface area contributed by atoms with Crippen LogP contribution in [0.2, 0.25) is 0 Å². The summed E-state index contributed by atoms with van der Waals surface area (Å²) >= 11 is 1.64. The molecule has 1 aliphatic rings. The van der Waals surface area contributed by atoms with E-state index in [0.29, 0.717) is 17.2 Å². The van der Waals surface area contributed by atoms with Crippen LogP contribution in [0.1, 0.15) is 29.3 Å². The number of amides is 1. The summed E-state index contributed by atoms with van der Waals surface area (Å²) in [5.41, 5.74) is 1.13. The number of rotatable bonds is 4. The highest BCUT2D eigenvalue weighted by molar-refractivity contribution is 7.98. The number of aromatic nitrogens is 4. The number of hydrogen-bond donors (Lipinski definition) is 2. The van der Waals surface area contributed by atoms with Crippen molar-refractivity contribution in [3.05, 3.63) is 51.6 Å². The van der Waals surface area contributed by atoms with E-state index in [1.165, 1.54) is 4.52 Å². The van der Waals surface area contributed by atoms with Crippen LogP contribution in [0.15, 0.2) is 34.0 Å². The minimum atomic E-state index is -0.335. The normalized spacial score (nSPS) is 16.5. The summed E-state index contributed by atoms with van der Waals surface area (Å²) in [4.78, 5) is 33.2. The molecule has 0 saturated carbocycles. The number of carbonyl (C=O) groups is 1. The Hall–Kier alpha value is -2.65. The van der Waals surface area contributed by atoms with E-state index in [2.05, 4.69) is 20.4 Å². The molecule has 4 rings (SSSR count). The summed E-state index contributed by atoms with van der Waals surface area (Å²) in [5.74, 6) is 0.579. The molecule has 2 N–H and O–H groups in total. The SMILES string of the molecule is COCc1nc2[nH]c(=O)c3c(n2n1)NC(=O)C[C@H]3c1ccc(SC)cc1. The first kappa shape index (κ1) is 16.8. The number of fused-ring (bicyclic) bond motifs is 3. The van der Waals surface area contributed by atoms with Crippen LogP contribution in [-0.2, 0) is 16.1 Å². The molecular weight excluding hydrogens is 354 g/mol. The summed E-state index contributed by atoms with van der Waals surface area (Å²) in [5, 5.41) is 7.12. The van der Waals surface area contributed by atoms with Crippen molar-refractivity contribution < 1.29 is 9.53 Å². The smallest absolute Gasteiger partial charge is 0.258 e. The molecule has 0 fully saturated rings. The molecule has 3 aromatic rings. The Morgan fingerprint density at radius 3 is 2.77 bits per heavy atom. The maximum Gasteiger partial charge on any atom is 0.258 e. The van der Waals surface area contributed by atoms with Gasteiger partial charge in [0, 0.05) is 24.3 Å². The molecule has 3 heterocycles. The molecule has 1 aliphatic heterocycles. The molecule has 1 amide bonds. The molecule has 0 radical (unpaired) electrons. The lowest BCUT2D eigenvalue weighted by Crippen LogP contribution is -2.32. The molecule has 8 nitrogen and oxygen atoms in total. The first-order chi connectivity index (χ1) is 12.6. The zero-order valence-corrected chi connectivity index (χ0v) is 15.1. The second-order valence-electron chi connectivity index (χ2n) is 5.99. The van der Waals surface area contributed by atoms with Crippen molar-refractivity contribution in [2.75, 3.05) is 18.7 Å². The topological polar surface area (TPSA) is 101 Å². The summed E-state index contributed by atoms with van der Waals surface area (Å²) in [6.07, 6.45) is 2.21. The summed E-state index contributed by atoms with van der Waals surface area (Å²) in [6.45, 7) is 0.214. The Morgan fingerprint density at radius 2 is 2.08 bits per heavy atom. The van der Waals surface area contributed by atoms with Crippen LogP contribution in [0.25, 0.3) is 5.78 Å². The van der Waals surface area contributed by atoms with E-state index in [9.17, 15) is 9.59 Å². The van der Waals surface area contributed by atoms with E-state index >= 15 is 0 Å². The molecule has 0 spiro atoms. The number of hydrogen-bond acceptors (Lipinski definition) is 6. The van der Waals surface area contributed by atoms with Crippen molar-refractivity contribution in [1.82, 2.24) is 19.6 Å². The predicted octanol–water partition coefficient (Wildman–Crippen LogP) is 1.76. The van der Waals surface area contributed by atoms with Gasteiger partial charge in [-0.2, -0.15) is 9.50 Å². The molecule has 0 unspecified atom stereocenters. The number of carbonyl (C=O) groups excluding carboxylic acids is 1. The van der Waals surface area contributed by atoms with Gasteiger partial charge in [0.1, 0.15) is 12.4 Å². The fraction of sp³-hybridized carbons (Fsp3) is 0.294. The average Bonchev–Trinajstić information content (AvgIpc) is 3.04. The van der Waals surface area contributed by atoms with Gasteiger partial charge < -0.3 is 10.1 Å². The van der Waals surface area contributed by atoms with Crippen LogP contribution in [0.5, 0.6) is 0 Å². The van der Waals surface area contributed by atoms with Gasteiger partial charge in [-0.25, -0.2) is 0 Å². The first-order valence-electron chi connectivity index (χ1n) is 8.05. The Kier molecular flexibility index (Phi) is 4.25. The molecule has 0 saturated heterocycles. The minimum Gasteiger partial charge on any atom is -0.377 e. The number of nitrogens with one attached hydrogen (secondary N) is 2. The highest BCUT2D eigenvalue weighted by atomic mass is 32.2. The van der Waals surface area contributed by atoms with E-state index in [1.54, 1.807) is 18.9 Å². The van der Waals surface area contributed by atoms with Crippen molar-refractivity contribution in [2.24, 2.45) is 0 Å². The number of nitrogens with zero attached hydrogens (tertiary/aromatic N) is 3. The van der Waals surface area contributed by atoms with Gasteiger partial charge in [-0.3, -0.25) is 14.6 Å². The fourth-order valence-corrected chi connectivity index (χ4v) is 3.62. The summed E-state index contributed by atoms with van der Waals surface area (Å²) in [6, 6.07) is 7.90. The highest BCUT2D eigenvalue weighted by Gasteiger charge is 2.32. The van der Waals surface area contributed by atoms with Crippen molar-refractivity contribution in [3.8, 4) is 0 Å². The van der Waals surface area contributed by atoms with Crippen LogP contribution in [0, 0.1) is 0 Å². The lowest BCUT2D eigenvalue weighted by Gasteiger charge is -2.25. The second-order valence-corrected chi connectivity index (χ2v) is 6.87. The van der Waals surface area contributed by atoms with Crippen molar-refractivity contribution in [1.29, 1.82) is 0 Å². The summed E-state index contributed by atoms with van der Waals surface area (Å²) < 4.78 is 6.51. The zero-order chi connectivity index (χ0) is 18.3. The number of methoxy groups -OCH3 is 1. The van der Waals surface area contributed by atoms with Gasteiger partial charge in [-0.15, -0.1) is 16.9 Å². The maximum absolute atomic E-state index is 12.7. The molecule has 9 heteroatoms. The monoisotopic (exact) mass is 371 g/mol. The fourth-order valence-electron chi connectivity index (χ4n) is 3.21. The van der Waals surface area contributed by atoms with Crippen LogP contribution in [-0.4, -0.2) is 38.9 Å². The van der Waals surface area contributed by atoms with Crippen LogP contribution < -0.4 is 10.9 Å². The van der Waals surface area contributed by atoms with Gasteiger partial charge in [0.25, 0.3) is 5.56 Å². The van der Waals surface area contributed by atoms with Gasteiger partial charge in [0.05, 0.1) is 5.56 Å². The Bertz CT molecular complexity index is 1040. The van der Waals surface area contributed by atoms with Gasteiger partial charge in [0.2, 0.25) is 11.7 Å². The molecule has 2 aromatic heterocycles. The quantitative estimate of drug-likeness (QED) is 0.678. The van der Waals surface area contributed by atoms with E-state index in [1.807, 2.05) is 30.5 Å². The number of ether oxygens (including phenoxy) is 1.